The van der Waals surface area contributed by atoms with Gasteiger partial charge in [0.2, 0.25) is 11.8 Å². The number of likely N-dealkylation sites (N-methyl/N-ethyl adjacent to an activating group) is 1. The van der Waals surface area contributed by atoms with Crippen LogP contribution >= 0.6 is 0 Å². The fraction of sp³-hybridized carbons (Fsp3) is 0.579. The zero-order valence-corrected chi connectivity index (χ0v) is 16.0. The summed E-state index contributed by atoms with van der Waals surface area (Å²) in [7, 11) is 1.66. The minimum atomic E-state index is -4.76. The van der Waals surface area contributed by atoms with Crippen molar-refractivity contribution in [2.45, 2.75) is 45.0 Å². The Morgan fingerprint density at radius 1 is 1.11 bits per heavy atom. The van der Waals surface area contributed by atoms with Gasteiger partial charge in [-0.3, -0.25) is 14.5 Å². The zero-order valence-electron chi connectivity index (χ0n) is 16.0. The maximum Gasteiger partial charge on any atom is 0.573 e. The van der Waals surface area contributed by atoms with Gasteiger partial charge >= 0.3 is 6.36 Å². The van der Waals surface area contributed by atoms with Gasteiger partial charge in [-0.25, -0.2) is 0 Å². The van der Waals surface area contributed by atoms with Crippen LogP contribution in [0.1, 0.15) is 32.6 Å². The third-order valence-electron chi connectivity index (χ3n) is 4.66. The van der Waals surface area contributed by atoms with Crippen LogP contribution in [-0.2, 0) is 9.59 Å². The second-order valence-corrected chi connectivity index (χ2v) is 7.23. The van der Waals surface area contributed by atoms with Crippen molar-refractivity contribution in [1.82, 2.24) is 10.2 Å². The molecule has 1 aliphatic rings. The molecule has 2 N–H and O–H groups in total. The molecule has 1 aliphatic carbocycles. The summed E-state index contributed by atoms with van der Waals surface area (Å²) < 4.78 is 40.2. The van der Waals surface area contributed by atoms with E-state index in [0.29, 0.717) is 11.6 Å². The Bertz CT molecular complexity index is 665. The molecule has 0 unspecified atom stereocenters. The Morgan fingerprint density at radius 2 is 1.71 bits per heavy atom. The zero-order chi connectivity index (χ0) is 20.7. The van der Waals surface area contributed by atoms with Crippen LogP contribution in [0.3, 0.4) is 0 Å². The lowest BCUT2D eigenvalue weighted by molar-refractivity contribution is -0.274. The highest BCUT2D eigenvalue weighted by Crippen LogP contribution is 2.24. The number of nitrogens with zero attached hydrogens (tertiary/aromatic N) is 1. The predicted molar refractivity (Wildman–Crippen MR) is 98.8 cm³/mol. The Hall–Kier alpha value is -2.29. The van der Waals surface area contributed by atoms with Gasteiger partial charge in [0, 0.05) is 11.7 Å². The molecule has 0 heterocycles. The third-order valence-corrected chi connectivity index (χ3v) is 4.66. The van der Waals surface area contributed by atoms with E-state index in [-0.39, 0.29) is 36.7 Å². The highest BCUT2D eigenvalue weighted by molar-refractivity contribution is 5.92. The molecule has 2 amide bonds. The van der Waals surface area contributed by atoms with E-state index in [2.05, 4.69) is 22.3 Å². The fourth-order valence-electron chi connectivity index (χ4n) is 3.27. The molecule has 0 saturated heterocycles. The van der Waals surface area contributed by atoms with E-state index in [9.17, 15) is 22.8 Å². The molecule has 0 aliphatic heterocycles. The van der Waals surface area contributed by atoms with Crippen molar-refractivity contribution in [1.29, 1.82) is 0 Å². The lowest BCUT2D eigenvalue weighted by Gasteiger charge is -2.30. The largest absolute Gasteiger partial charge is 0.573 e. The maximum absolute atomic E-state index is 12.2. The van der Waals surface area contributed by atoms with Gasteiger partial charge in [-0.15, -0.1) is 13.2 Å². The summed E-state index contributed by atoms with van der Waals surface area (Å²) in [6, 6.07) is 5.05. The molecule has 2 atom stereocenters. The van der Waals surface area contributed by atoms with Crippen LogP contribution in [0.2, 0.25) is 0 Å². The van der Waals surface area contributed by atoms with Crippen LogP contribution in [0.15, 0.2) is 24.3 Å². The van der Waals surface area contributed by atoms with E-state index >= 15 is 0 Å². The molecule has 0 spiro atoms. The van der Waals surface area contributed by atoms with E-state index in [0.717, 1.165) is 31.4 Å². The molecule has 1 saturated carbocycles. The first kappa shape index (κ1) is 22.0. The Balaban J connectivity index is 1.75. The van der Waals surface area contributed by atoms with E-state index in [1.165, 1.54) is 18.6 Å². The summed E-state index contributed by atoms with van der Waals surface area (Å²) in [6.45, 7) is 2.20. The van der Waals surface area contributed by atoms with Crippen molar-refractivity contribution in [3.8, 4) is 5.75 Å². The second kappa shape index (κ2) is 9.77. The van der Waals surface area contributed by atoms with Crippen molar-refractivity contribution in [3.63, 3.8) is 0 Å². The number of ether oxygens (including phenoxy) is 1. The molecular weight excluding hydrogens is 375 g/mol. The number of hydrogen-bond acceptors (Lipinski definition) is 4. The van der Waals surface area contributed by atoms with Gasteiger partial charge in [-0.05, 0) is 50.1 Å². The molecule has 1 aromatic rings. The van der Waals surface area contributed by atoms with Crippen molar-refractivity contribution < 1.29 is 27.5 Å². The van der Waals surface area contributed by atoms with E-state index in [4.69, 9.17) is 0 Å². The van der Waals surface area contributed by atoms with Gasteiger partial charge in [-0.2, -0.15) is 0 Å². The number of benzene rings is 1. The molecule has 1 fully saturated rings. The molecule has 2 rings (SSSR count). The monoisotopic (exact) mass is 401 g/mol. The first-order chi connectivity index (χ1) is 13.1. The predicted octanol–water partition coefficient (Wildman–Crippen LogP) is 3.15. The normalized spacial score (nSPS) is 19.9. The molecule has 156 valence electrons. The van der Waals surface area contributed by atoms with E-state index < -0.39 is 6.36 Å². The highest BCUT2D eigenvalue weighted by atomic mass is 19.4. The summed E-state index contributed by atoms with van der Waals surface area (Å²) >= 11 is 0. The van der Waals surface area contributed by atoms with Crippen LogP contribution in [0.25, 0.3) is 0 Å². The first-order valence-corrected chi connectivity index (χ1v) is 9.26. The number of carbonyl (C=O) groups excluding carboxylic acids is 2. The summed E-state index contributed by atoms with van der Waals surface area (Å²) in [5.41, 5.74) is 0.341. The number of carbonyl (C=O) groups is 2. The van der Waals surface area contributed by atoms with Gasteiger partial charge in [-0.1, -0.05) is 19.8 Å². The smallest absolute Gasteiger partial charge is 0.406 e. The quantitative estimate of drug-likeness (QED) is 0.736. The van der Waals surface area contributed by atoms with Crippen LogP contribution in [0, 0.1) is 5.92 Å². The molecule has 0 radical (unpaired) electrons. The SMILES string of the molecule is C[C@H]1CCCC[C@@H]1NC(=O)CN(C)CC(=O)Nc1ccc(OC(F)(F)F)cc1. The molecule has 1 aromatic carbocycles. The Morgan fingerprint density at radius 3 is 2.32 bits per heavy atom. The Labute approximate surface area is 162 Å². The third kappa shape index (κ3) is 7.75. The molecule has 6 nitrogen and oxygen atoms in total. The average molecular weight is 401 g/mol. The van der Waals surface area contributed by atoms with Crippen LogP contribution < -0.4 is 15.4 Å². The number of anilines is 1. The number of rotatable bonds is 7. The number of amides is 2. The summed E-state index contributed by atoms with van der Waals surface area (Å²) in [5, 5.41) is 5.60. The van der Waals surface area contributed by atoms with Gasteiger partial charge in [0.1, 0.15) is 5.75 Å². The van der Waals surface area contributed by atoms with Gasteiger partial charge in [0.25, 0.3) is 0 Å². The Kier molecular flexibility index (Phi) is 7.68. The molecule has 28 heavy (non-hydrogen) atoms. The first-order valence-electron chi connectivity index (χ1n) is 9.26. The summed E-state index contributed by atoms with van der Waals surface area (Å²) in [5.74, 6) is -0.402. The van der Waals surface area contributed by atoms with Crippen LogP contribution in [-0.4, -0.2) is 49.3 Å². The van der Waals surface area contributed by atoms with Crippen LogP contribution in [0.5, 0.6) is 5.75 Å². The van der Waals surface area contributed by atoms with Crippen LogP contribution in [0.4, 0.5) is 18.9 Å². The fourth-order valence-corrected chi connectivity index (χ4v) is 3.27. The van der Waals surface area contributed by atoms with Crippen molar-refractivity contribution in [3.05, 3.63) is 24.3 Å². The second-order valence-electron chi connectivity index (χ2n) is 7.23. The summed E-state index contributed by atoms with van der Waals surface area (Å²) in [6.07, 6.45) is -0.373. The highest BCUT2D eigenvalue weighted by Gasteiger charge is 2.31. The van der Waals surface area contributed by atoms with Crippen molar-refractivity contribution in [2.75, 3.05) is 25.5 Å². The van der Waals surface area contributed by atoms with Gasteiger partial charge in [0.15, 0.2) is 0 Å². The molecular formula is C19H26F3N3O3. The molecule has 9 heteroatoms. The van der Waals surface area contributed by atoms with Gasteiger partial charge < -0.3 is 15.4 Å². The summed E-state index contributed by atoms with van der Waals surface area (Å²) in [4.78, 5) is 25.8. The molecule has 0 bridgehead atoms. The van der Waals surface area contributed by atoms with E-state index in [1.54, 1.807) is 11.9 Å². The minimum Gasteiger partial charge on any atom is -0.406 e. The lowest BCUT2D eigenvalue weighted by Crippen LogP contribution is -2.46. The number of hydrogen-bond donors (Lipinski definition) is 2. The lowest BCUT2D eigenvalue weighted by atomic mass is 9.86. The standard InChI is InChI=1S/C19H26F3N3O3/c1-13-5-3-4-6-16(13)24-18(27)12-25(2)11-17(26)23-14-7-9-15(10-8-14)28-19(20,21)22/h7-10,13,16H,3-6,11-12H2,1-2H3,(H,23,26)(H,24,27)/t13-,16-/m0/s1. The van der Waals surface area contributed by atoms with E-state index in [1.807, 2.05) is 0 Å². The number of nitrogens with one attached hydrogen (secondary N) is 2. The maximum atomic E-state index is 12.2. The average Bonchev–Trinajstić information content (AvgIpc) is 2.57. The van der Waals surface area contributed by atoms with Crippen molar-refractivity contribution >= 4 is 17.5 Å². The van der Waals surface area contributed by atoms with Crippen molar-refractivity contribution in [2.24, 2.45) is 5.92 Å². The number of alkyl halides is 3. The topological polar surface area (TPSA) is 70.7 Å². The minimum absolute atomic E-state index is 0.0194. The van der Waals surface area contributed by atoms with Gasteiger partial charge in [0.05, 0.1) is 13.1 Å². The number of halogens is 3. The molecule has 0 aromatic heterocycles.